The van der Waals surface area contributed by atoms with Gasteiger partial charge in [0, 0.05) is 27.7 Å². The Kier molecular flexibility index (Phi) is 6.89. The van der Waals surface area contributed by atoms with Gasteiger partial charge in [0.05, 0.1) is 0 Å². The minimum atomic E-state index is -1.20. The highest BCUT2D eigenvalue weighted by atomic mass is 35.5. The maximum absolute atomic E-state index is 11.9. The molecular formula is C18H20ClN5O8. The molecule has 172 valence electrons. The molecule has 0 aromatic carbocycles. The van der Waals surface area contributed by atoms with Gasteiger partial charge in [0.15, 0.2) is 29.2 Å². The summed E-state index contributed by atoms with van der Waals surface area (Å²) in [6.07, 6.45) is -3.34. The third-order valence-corrected chi connectivity index (χ3v) is 4.59. The summed E-state index contributed by atoms with van der Waals surface area (Å²) in [4.78, 5) is 59.0. The van der Waals surface area contributed by atoms with Crippen LogP contribution in [0.3, 0.4) is 0 Å². The number of hydrogen-bond acceptors (Lipinski definition) is 11. The molecule has 13 nitrogen and oxygen atoms in total. The maximum atomic E-state index is 11.9. The highest BCUT2D eigenvalue weighted by Gasteiger charge is 2.51. The first kappa shape index (κ1) is 23.3. The molecule has 2 aromatic rings. The van der Waals surface area contributed by atoms with Crippen LogP contribution >= 0.6 is 11.6 Å². The summed E-state index contributed by atoms with van der Waals surface area (Å²) in [5, 5.41) is 2.54. The van der Waals surface area contributed by atoms with Crippen molar-refractivity contribution in [2.75, 3.05) is 11.9 Å². The second kappa shape index (κ2) is 9.44. The van der Waals surface area contributed by atoms with Crippen LogP contribution in [0.1, 0.15) is 33.9 Å². The molecule has 0 radical (unpaired) electrons. The molecule has 1 aliphatic heterocycles. The molecule has 1 aliphatic rings. The number of carbonyl (C=O) groups is 4. The summed E-state index contributed by atoms with van der Waals surface area (Å²) >= 11 is 6.12. The van der Waals surface area contributed by atoms with Gasteiger partial charge in [-0.1, -0.05) is 11.6 Å². The molecule has 3 rings (SSSR count). The van der Waals surface area contributed by atoms with E-state index in [0.29, 0.717) is 0 Å². The molecule has 2 aromatic heterocycles. The van der Waals surface area contributed by atoms with Gasteiger partial charge in [-0.2, -0.15) is 0 Å². The van der Waals surface area contributed by atoms with Crippen molar-refractivity contribution in [2.24, 2.45) is 0 Å². The lowest BCUT2D eigenvalue weighted by atomic mass is 10.1. The molecule has 1 fully saturated rings. The molecule has 14 heteroatoms. The summed E-state index contributed by atoms with van der Waals surface area (Å²) < 4.78 is 23.1. The Bertz CT molecular complexity index is 1070. The second-order valence-corrected chi connectivity index (χ2v) is 7.20. The lowest BCUT2D eigenvalue weighted by Gasteiger charge is -2.24. The number of hydrogen-bond donors (Lipinski definition) is 1. The molecule has 0 saturated carbocycles. The minimum Gasteiger partial charge on any atom is -0.463 e. The van der Waals surface area contributed by atoms with Crippen molar-refractivity contribution in [2.45, 2.75) is 52.2 Å². The number of amides is 1. The SMILES string of the molecule is CC(=O)Nc1nc2c(Cl)ncnc2n1C1OC(COC(C)=O)C(OC(C)=O)C1OC(C)=O. The molecule has 1 saturated heterocycles. The van der Waals surface area contributed by atoms with Crippen LogP contribution in [0.2, 0.25) is 5.15 Å². The normalized spacial score (nSPS) is 22.4. The van der Waals surface area contributed by atoms with Crippen LogP contribution in [0.4, 0.5) is 5.95 Å². The van der Waals surface area contributed by atoms with Crippen molar-refractivity contribution in [3.05, 3.63) is 11.5 Å². The third-order valence-electron chi connectivity index (χ3n) is 4.32. The molecule has 1 amide bonds. The first-order valence-corrected chi connectivity index (χ1v) is 9.75. The van der Waals surface area contributed by atoms with Gasteiger partial charge in [0.25, 0.3) is 0 Å². The fraction of sp³-hybridized carbons (Fsp3) is 0.500. The summed E-state index contributed by atoms with van der Waals surface area (Å²) in [6.45, 7) is 4.51. The lowest BCUT2D eigenvalue weighted by molar-refractivity contribution is -0.166. The van der Waals surface area contributed by atoms with Crippen molar-refractivity contribution in [3.63, 3.8) is 0 Å². The zero-order chi connectivity index (χ0) is 23.6. The van der Waals surface area contributed by atoms with E-state index in [2.05, 4.69) is 20.3 Å². The van der Waals surface area contributed by atoms with Crippen LogP contribution in [0.15, 0.2) is 6.33 Å². The number of esters is 3. The van der Waals surface area contributed by atoms with Crippen LogP contribution in [0.25, 0.3) is 11.2 Å². The predicted molar refractivity (Wildman–Crippen MR) is 106 cm³/mol. The summed E-state index contributed by atoms with van der Waals surface area (Å²) in [5.41, 5.74) is 0.307. The van der Waals surface area contributed by atoms with Crippen molar-refractivity contribution < 1.29 is 38.1 Å². The largest absolute Gasteiger partial charge is 0.463 e. The number of rotatable bonds is 6. The summed E-state index contributed by atoms with van der Waals surface area (Å²) in [6, 6.07) is 0. The van der Waals surface area contributed by atoms with Crippen molar-refractivity contribution in [1.29, 1.82) is 0 Å². The highest BCUT2D eigenvalue weighted by Crippen LogP contribution is 2.38. The molecule has 32 heavy (non-hydrogen) atoms. The van der Waals surface area contributed by atoms with Gasteiger partial charge in [-0.25, -0.2) is 15.0 Å². The Labute approximate surface area is 186 Å². The molecule has 0 aliphatic carbocycles. The van der Waals surface area contributed by atoms with E-state index in [-0.39, 0.29) is 28.9 Å². The molecule has 1 N–H and O–H groups in total. The topological polar surface area (TPSA) is 161 Å². The summed E-state index contributed by atoms with van der Waals surface area (Å²) in [5.74, 6) is -2.43. The van der Waals surface area contributed by atoms with E-state index in [9.17, 15) is 19.2 Å². The number of imidazole rings is 1. The monoisotopic (exact) mass is 469 g/mol. The number of nitrogens with zero attached hydrogens (tertiary/aromatic N) is 4. The Morgan fingerprint density at radius 1 is 1.06 bits per heavy atom. The molecule has 0 bridgehead atoms. The number of anilines is 1. The zero-order valence-corrected chi connectivity index (χ0v) is 18.3. The fourth-order valence-corrected chi connectivity index (χ4v) is 3.44. The van der Waals surface area contributed by atoms with Crippen LogP contribution in [0, 0.1) is 0 Å². The van der Waals surface area contributed by atoms with E-state index in [4.69, 9.17) is 30.5 Å². The Morgan fingerprint density at radius 2 is 1.72 bits per heavy atom. The van der Waals surface area contributed by atoms with Gasteiger partial charge >= 0.3 is 17.9 Å². The molecule has 4 unspecified atom stereocenters. The molecule has 4 atom stereocenters. The number of halogens is 1. The first-order chi connectivity index (χ1) is 15.1. The number of nitrogens with one attached hydrogen (secondary N) is 1. The van der Waals surface area contributed by atoms with Crippen LogP contribution < -0.4 is 5.32 Å². The van der Waals surface area contributed by atoms with Crippen molar-refractivity contribution in [3.8, 4) is 0 Å². The van der Waals surface area contributed by atoms with Gasteiger partial charge < -0.3 is 18.9 Å². The number of fused-ring (bicyclic) bond motifs is 1. The zero-order valence-electron chi connectivity index (χ0n) is 17.5. The first-order valence-electron chi connectivity index (χ1n) is 9.37. The smallest absolute Gasteiger partial charge is 0.303 e. The van der Waals surface area contributed by atoms with E-state index in [1.807, 2.05) is 0 Å². The average Bonchev–Trinajstić information content (AvgIpc) is 3.18. The highest BCUT2D eigenvalue weighted by molar-refractivity contribution is 6.33. The van der Waals surface area contributed by atoms with Crippen LogP contribution in [-0.4, -0.2) is 68.3 Å². The molecule has 3 heterocycles. The van der Waals surface area contributed by atoms with Crippen LogP contribution in [-0.2, 0) is 38.1 Å². The van der Waals surface area contributed by atoms with E-state index in [1.165, 1.54) is 38.6 Å². The molecular weight excluding hydrogens is 450 g/mol. The second-order valence-electron chi connectivity index (χ2n) is 6.84. The average molecular weight is 470 g/mol. The van der Waals surface area contributed by atoms with E-state index in [1.54, 1.807) is 0 Å². The number of ether oxygens (including phenoxy) is 4. The number of carbonyl (C=O) groups excluding carboxylic acids is 4. The molecule has 0 spiro atoms. The van der Waals surface area contributed by atoms with Gasteiger partial charge in [0.2, 0.25) is 11.9 Å². The lowest BCUT2D eigenvalue weighted by Crippen LogP contribution is -2.40. The van der Waals surface area contributed by atoms with Gasteiger partial charge in [0.1, 0.15) is 24.6 Å². The third kappa shape index (κ3) is 4.94. The minimum absolute atomic E-state index is 0.00962. The maximum Gasteiger partial charge on any atom is 0.303 e. The fourth-order valence-electron chi connectivity index (χ4n) is 3.27. The van der Waals surface area contributed by atoms with Gasteiger partial charge in [-0.15, -0.1) is 0 Å². The Morgan fingerprint density at radius 3 is 2.31 bits per heavy atom. The Balaban J connectivity index is 2.14. The Hall–Kier alpha value is -3.32. The standard InChI is InChI=1S/C18H20ClN5O8/c1-7(25)22-18-23-12-15(19)20-6-21-16(12)24(18)17-14(31-10(4)28)13(30-9(3)27)11(32-17)5-29-8(2)26/h6,11,13-14,17H,5H2,1-4H3,(H,22,23,25). The van der Waals surface area contributed by atoms with Crippen molar-refractivity contribution in [1.82, 2.24) is 19.5 Å². The van der Waals surface area contributed by atoms with Gasteiger partial charge in [-0.3, -0.25) is 29.1 Å². The summed E-state index contributed by atoms with van der Waals surface area (Å²) in [7, 11) is 0. The quantitative estimate of drug-likeness (QED) is 0.361. The number of aromatic nitrogens is 4. The van der Waals surface area contributed by atoms with E-state index < -0.39 is 48.4 Å². The van der Waals surface area contributed by atoms with Crippen LogP contribution in [0.5, 0.6) is 0 Å². The van der Waals surface area contributed by atoms with Crippen molar-refractivity contribution >= 4 is 52.5 Å². The van der Waals surface area contributed by atoms with Gasteiger partial charge in [-0.05, 0) is 0 Å². The van der Waals surface area contributed by atoms with E-state index in [0.717, 1.165) is 0 Å². The predicted octanol–water partition coefficient (Wildman–Crippen LogP) is 0.762. The van der Waals surface area contributed by atoms with E-state index >= 15 is 0 Å².